The Morgan fingerprint density at radius 2 is 1.34 bits per heavy atom. The summed E-state index contributed by atoms with van der Waals surface area (Å²) in [6.07, 6.45) is 0.728. The molecule has 0 aromatic carbocycles. The van der Waals surface area contributed by atoms with E-state index in [-0.39, 0.29) is 36.6 Å². The van der Waals surface area contributed by atoms with Gasteiger partial charge in [-0.3, -0.25) is 4.57 Å². The molecule has 2 bridgehead atoms. The van der Waals surface area contributed by atoms with Crippen LogP contribution >= 0.6 is 0 Å². The zero-order valence-electron chi connectivity index (χ0n) is 16.7. The van der Waals surface area contributed by atoms with Crippen molar-refractivity contribution in [3.63, 3.8) is 0 Å². The maximum atomic E-state index is 10.8. The Bertz CT molecular complexity index is 869. The van der Waals surface area contributed by atoms with Crippen LogP contribution in [0.3, 0.4) is 0 Å². The van der Waals surface area contributed by atoms with Crippen molar-refractivity contribution in [1.82, 2.24) is 4.57 Å². The maximum Gasteiger partial charge on any atom is 0.200 e. The lowest BCUT2D eigenvalue weighted by molar-refractivity contribution is -0.236. The lowest BCUT2D eigenvalue weighted by Gasteiger charge is -2.37. The molecule has 158 valence electrons. The summed E-state index contributed by atoms with van der Waals surface area (Å²) in [4.78, 5) is 0. The third-order valence-corrected chi connectivity index (χ3v) is 6.22. The largest absolute Gasteiger partial charge is 0.494 e. The summed E-state index contributed by atoms with van der Waals surface area (Å²) in [5.41, 5.74) is 1.23. The van der Waals surface area contributed by atoms with E-state index in [2.05, 4.69) is 0 Å². The minimum Gasteiger partial charge on any atom is -0.494 e. The van der Waals surface area contributed by atoms with Crippen LogP contribution in [0.15, 0.2) is 12.2 Å². The van der Waals surface area contributed by atoms with E-state index >= 15 is 0 Å². The smallest absolute Gasteiger partial charge is 0.200 e. The first kappa shape index (κ1) is 18.2. The van der Waals surface area contributed by atoms with Crippen LogP contribution in [-0.2, 0) is 35.0 Å². The van der Waals surface area contributed by atoms with E-state index in [1.165, 1.54) is 4.57 Å². The van der Waals surface area contributed by atoms with E-state index in [4.69, 9.17) is 28.4 Å². The lowest BCUT2D eigenvalue weighted by Crippen LogP contribution is -2.56. The fourth-order valence-electron chi connectivity index (χ4n) is 5.17. The molecule has 6 heterocycles. The normalized spacial score (nSPS) is 42.8. The Hall–Kier alpha value is -1.62. The summed E-state index contributed by atoms with van der Waals surface area (Å²) < 4.78 is 37.5. The fourth-order valence-corrected chi connectivity index (χ4v) is 5.17. The van der Waals surface area contributed by atoms with Crippen LogP contribution < -0.4 is 0 Å². The number of aromatic nitrogens is 1. The Labute approximate surface area is 167 Å². The minimum atomic E-state index is -0.804. The predicted molar refractivity (Wildman–Crippen MR) is 96.0 cm³/mol. The zero-order valence-corrected chi connectivity index (χ0v) is 16.7. The lowest BCUT2D eigenvalue weighted by atomic mass is 9.99. The number of fused-ring (bicyclic) bond motifs is 8. The Kier molecular flexibility index (Phi) is 3.47. The summed E-state index contributed by atoms with van der Waals surface area (Å²) in [6, 6.07) is 0. The molecule has 5 aliphatic heterocycles. The van der Waals surface area contributed by atoms with E-state index in [9.17, 15) is 10.2 Å². The molecule has 0 spiro atoms. The summed E-state index contributed by atoms with van der Waals surface area (Å²) in [6.45, 7) is 7.53. The molecule has 9 nitrogen and oxygen atoms in total. The van der Waals surface area contributed by atoms with E-state index in [0.29, 0.717) is 11.1 Å². The van der Waals surface area contributed by atoms with Crippen molar-refractivity contribution in [3.8, 4) is 11.8 Å². The molecular formula is C20H25NO8. The molecule has 29 heavy (non-hydrogen) atoms. The van der Waals surface area contributed by atoms with Gasteiger partial charge in [0.15, 0.2) is 17.9 Å². The monoisotopic (exact) mass is 407 g/mol. The summed E-state index contributed by atoms with van der Waals surface area (Å²) in [7, 11) is 0. The number of ether oxygens (including phenoxy) is 6. The van der Waals surface area contributed by atoms with Crippen molar-refractivity contribution in [3.05, 3.63) is 23.3 Å². The molecule has 9 heteroatoms. The van der Waals surface area contributed by atoms with E-state index in [1.54, 1.807) is 0 Å². The highest BCUT2D eigenvalue weighted by atomic mass is 16.9. The second-order valence-electron chi connectivity index (χ2n) is 9.16. The first-order valence-corrected chi connectivity index (χ1v) is 9.98. The van der Waals surface area contributed by atoms with Gasteiger partial charge in [0.1, 0.15) is 36.6 Å². The molecule has 3 fully saturated rings. The van der Waals surface area contributed by atoms with Gasteiger partial charge in [-0.1, -0.05) is 12.2 Å². The number of nitrogens with zero attached hydrogens (tertiary/aromatic N) is 1. The number of hydrogen-bond donors (Lipinski definition) is 2. The average molecular weight is 407 g/mol. The molecule has 5 aliphatic rings. The number of aromatic hydroxyl groups is 2. The van der Waals surface area contributed by atoms with Crippen LogP contribution in [0.1, 0.15) is 51.0 Å². The molecule has 1 aromatic heterocycles. The van der Waals surface area contributed by atoms with Crippen LogP contribution in [0.2, 0.25) is 0 Å². The highest BCUT2D eigenvalue weighted by molar-refractivity contribution is 5.55. The first-order chi connectivity index (χ1) is 13.6. The quantitative estimate of drug-likeness (QED) is 0.718. The second-order valence-corrected chi connectivity index (χ2v) is 9.16. The van der Waals surface area contributed by atoms with Crippen molar-refractivity contribution < 1.29 is 38.6 Å². The van der Waals surface area contributed by atoms with Gasteiger partial charge in [0.2, 0.25) is 11.8 Å². The van der Waals surface area contributed by atoms with Gasteiger partial charge in [0.05, 0.1) is 17.7 Å². The van der Waals surface area contributed by atoms with E-state index < -0.39 is 36.2 Å². The second kappa shape index (κ2) is 5.54. The number of hydrogen-bond acceptors (Lipinski definition) is 8. The van der Waals surface area contributed by atoms with E-state index in [0.717, 1.165) is 0 Å². The highest BCUT2D eigenvalue weighted by Gasteiger charge is 2.61. The Morgan fingerprint density at radius 3 is 2.00 bits per heavy atom. The third-order valence-electron chi connectivity index (χ3n) is 6.22. The molecule has 7 atom stereocenters. The standard InChI is InChI=1S/C20H25NO8/c1-19(2)26-13-10(25-18-15(14(13)27-19)28-20(3,4)29-18)7-21-16(22)11-8-5-6-9(24-8)12(11)17(21)23/h5-6,8-10,13-15,18,22-23H,7H2,1-4H3/t8-,9+,10-,13+,14+,15-,18-/m1/s1. The predicted octanol–water partition coefficient (Wildman–Crippen LogP) is 1.98. The summed E-state index contributed by atoms with van der Waals surface area (Å²) >= 11 is 0. The van der Waals surface area contributed by atoms with Crippen molar-refractivity contribution >= 4 is 0 Å². The third kappa shape index (κ3) is 2.49. The van der Waals surface area contributed by atoms with Crippen LogP contribution in [0.25, 0.3) is 0 Å². The van der Waals surface area contributed by atoms with Crippen molar-refractivity contribution in [2.75, 3.05) is 0 Å². The molecule has 0 radical (unpaired) electrons. The van der Waals surface area contributed by atoms with Crippen LogP contribution in [0.4, 0.5) is 0 Å². The SMILES string of the molecule is CC1(C)O[C@H]2[C@@H](O1)[C@@H](Cn1c(O)c3c(c1O)[C@H]1C=C[C@@H]3O1)O[C@@H]1OC(C)(C)O[C@@H]12. The summed E-state index contributed by atoms with van der Waals surface area (Å²) in [5.74, 6) is -1.63. The Morgan fingerprint density at radius 1 is 0.793 bits per heavy atom. The van der Waals surface area contributed by atoms with Crippen molar-refractivity contribution in [2.45, 2.75) is 88.7 Å². The van der Waals surface area contributed by atoms with Gasteiger partial charge in [0.25, 0.3) is 0 Å². The average Bonchev–Trinajstić information content (AvgIpc) is 3.39. The van der Waals surface area contributed by atoms with Crippen LogP contribution in [-0.4, -0.2) is 57.1 Å². The molecule has 0 unspecified atom stereocenters. The van der Waals surface area contributed by atoms with Gasteiger partial charge >= 0.3 is 0 Å². The van der Waals surface area contributed by atoms with Crippen molar-refractivity contribution in [1.29, 1.82) is 0 Å². The highest BCUT2D eigenvalue weighted by Crippen LogP contribution is 2.55. The fraction of sp³-hybridized carbons (Fsp3) is 0.700. The van der Waals surface area contributed by atoms with Crippen LogP contribution in [0, 0.1) is 0 Å². The molecule has 0 aliphatic carbocycles. The van der Waals surface area contributed by atoms with Gasteiger partial charge in [-0.2, -0.15) is 0 Å². The number of rotatable bonds is 2. The zero-order chi connectivity index (χ0) is 20.3. The molecule has 1 aromatic rings. The molecular weight excluding hydrogens is 382 g/mol. The van der Waals surface area contributed by atoms with Crippen molar-refractivity contribution in [2.24, 2.45) is 0 Å². The first-order valence-electron chi connectivity index (χ1n) is 9.98. The van der Waals surface area contributed by atoms with Crippen LogP contribution in [0.5, 0.6) is 11.8 Å². The molecule has 2 N–H and O–H groups in total. The van der Waals surface area contributed by atoms with Gasteiger partial charge in [-0.25, -0.2) is 0 Å². The van der Waals surface area contributed by atoms with Gasteiger partial charge in [0, 0.05) is 0 Å². The van der Waals surface area contributed by atoms with Gasteiger partial charge < -0.3 is 38.6 Å². The minimum absolute atomic E-state index is 0.0151. The Balaban J connectivity index is 1.34. The van der Waals surface area contributed by atoms with Gasteiger partial charge in [-0.15, -0.1) is 0 Å². The van der Waals surface area contributed by atoms with Gasteiger partial charge in [-0.05, 0) is 27.7 Å². The molecule has 6 rings (SSSR count). The summed E-state index contributed by atoms with van der Waals surface area (Å²) in [5, 5.41) is 21.6. The van der Waals surface area contributed by atoms with E-state index in [1.807, 2.05) is 39.8 Å². The molecule has 0 amide bonds. The molecule has 0 saturated carbocycles. The maximum absolute atomic E-state index is 10.8. The topological polar surface area (TPSA) is 101 Å². The molecule has 3 saturated heterocycles.